The van der Waals surface area contributed by atoms with E-state index in [1.807, 2.05) is 30.1 Å². The molecule has 1 aromatic rings. The van der Waals surface area contributed by atoms with Crippen molar-refractivity contribution in [3.8, 4) is 0 Å². The first-order chi connectivity index (χ1) is 11.0. The average molecular weight is 338 g/mol. The Morgan fingerprint density at radius 2 is 2.22 bits per heavy atom. The lowest BCUT2D eigenvalue weighted by molar-refractivity contribution is -0.146. The van der Waals surface area contributed by atoms with Gasteiger partial charge in [-0.05, 0) is 25.8 Å². The van der Waals surface area contributed by atoms with E-state index >= 15 is 0 Å². The van der Waals surface area contributed by atoms with Gasteiger partial charge in [0.05, 0.1) is 12.0 Å². The molecule has 0 aliphatic carbocycles. The van der Waals surface area contributed by atoms with Crippen molar-refractivity contribution in [1.29, 1.82) is 0 Å². The maximum Gasteiger partial charge on any atom is 0.230 e. The van der Waals surface area contributed by atoms with E-state index < -0.39 is 0 Å². The van der Waals surface area contributed by atoms with Gasteiger partial charge < -0.3 is 14.9 Å². The number of carbonyl (C=O) groups excluding carboxylic acids is 1. The molecule has 2 saturated heterocycles. The number of aromatic nitrogens is 1. The van der Waals surface area contributed by atoms with Crippen LogP contribution >= 0.6 is 11.3 Å². The number of β-amino-alcohol motifs (C(OH)–C–C–N with tert-alkyl or cyclic N) is 1. The first-order valence-electron chi connectivity index (χ1n) is 8.29. The number of nitrogens with zero attached hydrogens (tertiary/aromatic N) is 4. The Balaban J connectivity index is 1.64. The Morgan fingerprint density at radius 1 is 1.39 bits per heavy atom. The summed E-state index contributed by atoms with van der Waals surface area (Å²) in [6, 6.07) is 0. The van der Waals surface area contributed by atoms with E-state index in [1.54, 1.807) is 11.3 Å². The van der Waals surface area contributed by atoms with E-state index in [-0.39, 0.29) is 17.9 Å². The van der Waals surface area contributed by atoms with Crippen LogP contribution in [0.2, 0.25) is 0 Å². The summed E-state index contributed by atoms with van der Waals surface area (Å²) < 4.78 is 0. The van der Waals surface area contributed by atoms with Gasteiger partial charge in [-0.25, -0.2) is 4.98 Å². The second-order valence-electron chi connectivity index (χ2n) is 6.86. The zero-order chi connectivity index (χ0) is 16.4. The van der Waals surface area contributed by atoms with E-state index in [1.165, 1.54) is 4.88 Å². The summed E-state index contributed by atoms with van der Waals surface area (Å²) in [6.45, 7) is 4.00. The highest BCUT2D eigenvalue weighted by Crippen LogP contribution is 2.40. The van der Waals surface area contributed by atoms with Crippen LogP contribution < -0.4 is 4.90 Å². The smallest absolute Gasteiger partial charge is 0.230 e. The molecule has 1 spiro atoms. The van der Waals surface area contributed by atoms with E-state index in [4.69, 9.17) is 5.11 Å². The van der Waals surface area contributed by atoms with Crippen LogP contribution in [0, 0.1) is 5.41 Å². The maximum absolute atomic E-state index is 12.8. The molecule has 7 heteroatoms. The van der Waals surface area contributed by atoms with Crippen molar-refractivity contribution in [3.63, 3.8) is 0 Å². The zero-order valence-corrected chi connectivity index (χ0v) is 14.8. The fourth-order valence-electron chi connectivity index (χ4n) is 3.76. The Labute approximate surface area is 141 Å². The van der Waals surface area contributed by atoms with Crippen molar-refractivity contribution in [2.75, 3.05) is 51.8 Å². The van der Waals surface area contributed by atoms with Crippen molar-refractivity contribution in [2.45, 2.75) is 25.8 Å². The molecule has 23 heavy (non-hydrogen) atoms. The minimum Gasteiger partial charge on any atom is -0.395 e. The van der Waals surface area contributed by atoms with Gasteiger partial charge in [0.25, 0.3) is 0 Å². The van der Waals surface area contributed by atoms with Gasteiger partial charge >= 0.3 is 0 Å². The molecule has 0 saturated carbocycles. The molecule has 1 amide bonds. The van der Waals surface area contributed by atoms with Gasteiger partial charge in [0.1, 0.15) is 0 Å². The average Bonchev–Trinajstić information content (AvgIpc) is 3.13. The van der Waals surface area contributed by atoms with E-state index in [0.29, 0.717) is 6.54 Å². The molecule has 3 rings (SSSR count). The molecule has 2 fully saturated rings. The van der Waals surface area contributed by atoms with E-state index in [0.717, 1.165) is 50.6 Å². The quantitative estimate of drug-likeness (QED) is 0.868. The van der Waals surface area contributed by atoms with Crippen molar-refractivity contribution in [3.05, 3.63) is 11.1 Å². The molecule has 2 aliphatic rings. The largest absolute Gasteiger partial charge is 0.395 e. The molecule has 0 bridgehead atoms. The van der Waals surface area contributed by atoms with Crippen molar-refractivity contribution in [1.82, 2.24) is 14.8 Å². The van der Waals surface area contributed by atoms with Gasteiger partial charge in [-0.15, -0.1) is 11.3 Å². The summed E-state index contributed by atoms with van der Waals surface area (Å²) in [4.78, 5) is 24.7. The van der Waals surface area contributed by atoms with Crippen LogP contribution in [0.25, 0.3) is 0 Å². The first kappa shape index (κ1) is 16.7. The minimum atomic E-state index is -0.220. The topological polar surface area (TPSA) is 59.9 Å². The maximum atomic E-state index is 12.8. The lowest BCUT2D eigenvalue weighted by Gasteiger charge is -2.39. The molecule has 2 aliphatic heterocycles. The number of amides is 1. The van der Waals surface area contributed by atoms with E-state index in [9.17, 15) is 4.79 Å². The molecule has 6 nitrogen and oxygen atoms in total. The number of hydrogen-bond donors (Lipinski definition) is 1. The summed E-state index contributed by atoms with van der Waals surface area (Å²) in [5.74, 6) is 0.249. The Hall–Kier alpha value is -1.18. The van der Waals surface area contributed by atoms with Gasteiger partial charge in [-0.2, -0.15) is 0 Å². The van der Waals surface area contributed by atoms with Gasteiger partial charge in [0.15, 0.2) is 5.13 Å². The van der Waals surface area contributed by atoms with Crippen molar-refractivity contribution in [2.24, 2.45) is 5.41 Å². The lowest BCUT2D eigenvalue weighted by atomic mass is 9.78. The number of aliphatic hydroxyl groups excluding tert-OH is 1. The molecule has 0 unspecified atom stereocenters. The molecule has 128 valence electrons. The predicted molar refractivity (Wildman–Crippen MR) is 91.7 cm³/mol. The van der Waals surface area contributed by atoms with Gasteiger partial charge in [0, 0.05) is 51.3 Å². The third kappa shape index (κ3) is 3.36. The fraction of sp³-hybridized carbons (Fsp3) is 0.750. The zero-order valence-electron chi connectivity index (χ0n) is 14.0. The Kier molecular flexibility index (Phi) is 4.89. The van der Waals surface area contributed by atoms with Gasteiger partial charge in [-0.1, -0.05) is 0 Å². The number of aliphatic hydroxyl groups is 1. The molecule has 0 aromatic carbocycles. The van der Waals surface area contributed by atoms with Crippen LogP contribution in [0.5, 0.6) is 0 Å². The van der Waals surface area contributed by atoms with Crippen molar-refractivity contribution >= 4 is 22.4 Å². The molecule has 0 radical (unpaired) electrons. The summed E-state index contributed by atoms with van der Waals surface area (Å²) >= 11 is 1.72. The monoisotopic (exact) mass is 338 g/mol. The fourth-order valence-corrected chi connectivity index (χ4v) is 4.63. The first-order valence-corrected chi connectivity index (χ1v) is 9.10. The summed E-state index contributed by atoms with van der Waals surface area (Å²) in [5, 5.41) is 10.2. The van der Waals surface area contributed by atoms with Crippen LogP contribution in [-0.4, -0.2) is 72.7 Å². The van der Waals surface area contributed by atoms with Crippen molar-refractivity contribution < 1.29 is 9.90 Å². The lowest BCUT2D eigenvalue weighted by Crippen LogP contribution is -2.50. The highest BCUT2D eigenvalue weighted by Gasteiger charge is 2.48. The number of likely N-dealkylation sites (tertiary alicyclic amines) is 2. The van der Waals surface area contributed by atoms with Gasteiger partial charge in [-0.3, -0.25) is 9.69 Å². The Morgan fingerprint density at radius 3 is 2.91 bits per heavy atom. The SMILES string of the molecule is CN(C)c1ncc(CN2CC[C@@]3(CCCN(CCO)C3=O)C2)s1. The molecule has 1 aromatic heterocycles. The number of rotatable bonds is 5. The van der Waals surface area contributed by atoms with Gasteiger partial charge in [0.2, 0.25) is 5.91 Å². The van der Waals surface area contributed by atoms with Crippen LogP contribution in [0.1, 0.15) is 24.1 Å². The normalized spacial score (nSPS) is 25.5. The summed E-state index contributed by atoms with van der Waals surface area (Å²) in [5.41, 5.74) is -0.220. The van der Waals surface area contributed by atoms with Crippen LogP contribution in [0.15, 0.2) is 6.20 Å². The highest BCUT2D eigenvalue weighted by molar-refractivity contribution is 7.15. The van der Waals surface area contributed by atoms with Crippen LogP contribution in [-0.2, 0) is 11.3 Å². The standard InChI is InChI=1S/C16H26N4O2S/c1-18(2)15-17-10-13(23-15)11-19-7-5-16(12-19)4-3-6-20(8-9-21)14(16)22/h10,21H,3-9,11-12H2,1-2H3/t16-/m0/s1. The third-order valence-corrected chi connectivity index (χ3v) is 6.08. The number of carbonyl (C=O) groups is 1. The number of anilines is 1. The number of thiazole rings is 1. The molecule has 3 heterocycles. The summed E-state index contributed by atoms with van der Waals surface area (Å²) in [7, 11) is 4.01. The molecule has 1 atom stereocenters. The molecule has 1 N–H and O–H groups in total. The second-order valence-corrected chi connectivity index (χ2v) is 7.96. The second kappa shape index (κ2) is 6.75. The van der Waals surface area contributed by atoms with Crippen LogP contribution in [0.3, 0.4) is 0 Å². The summed E-state index contributed by atoms with van der Waals surface area (Å²) in [6.07, 6.45) is 4.92. The predicted octanol–water partition coefficient (Wildman–Crippen LogP) is 1.02. The minimum absolute atomic E-state index is 0.0553. The highest BCUT2D eigenvalue weighted by atomic mass is 32.1. The molecular weight excluding hydrogens is 312 g/mol. The van der Waals surface area contributed by atoms with Crippen LogP contribution in [0.4, 0.5) is 5.13 Å². The molecular formula is C16H26N4O2S. The Bertz CT molecular complexity index is 560. The third-order valence-electron chi connectivity index (χ3n) is 4.93. The number of hydrogen-bond acceptors (Lipinski definition) is 6. The number of piperidine rings is 1. The van der Waals surface area contributed by atoms with E-state index in [2.05, 4.69) is 9.88 Å².